The number of benzene rings is 1. The first-order chi connectivity index (χ1) is 15.9. The van der Waals surface area contributed by atoms with Crippen LogP contribution < -0.4 is 0 Å². The van der Waals surface area contributed by atoms with E-state index in [4.69, 9.17) is 0 Å². The number of carbonyl (C=O) groups excluding carboxylic acids is 1. The summed E-state index contributed by atoms with van der Waals surface area (Å²) in [5, 5.41) is 4.62. The monoisotopic (exact) mass is 446 g/mol. The van der Waals surface area contributed by atoms with Crippen molar-refractivity contribution in [2.24, 2.45) is 0 Å². The van der Waals surface area contributed by atoms with Crippen LogP contribution in [0.25, 0.3) is 16.6 Å². The van der Waals surface area contributed by atoms with Gasteiger partial charge in [-0.2, -0.15) is 5.10 Å². The number of amides is 1. The van der Waals surface area contributed by atoms with Crippen LogP contribution in [0.1, 0.15) is 52.6 Å². The maximum absolute atomic E-state index is 14.6. The first kappa shape index (κ1) is 21.2. The van der Waals surface area contributed by atoms with Crippen LogP contribution >= 0.6 is 0 Å². The zero-order chi connectivity index (χ0) is 23.3. The Morgan fingerprint density at radius 3 is 2.52 bits per heavy atom. The molecular weight excluding hydrogens is 422 g/mol. The Hall–Kier alpha value is -3.61. The standard InChI is InChI=1S/C26H24F2N4O/c1-15(2)25-19(26(33)31-12-10-17-9-11-29-13-18(17)14-31)7-8-22-23(16(3)30-32(22)25)24-20(27)5-4-6-21(24)28/h4-9,11,13,15H,10,12,14H2,1-3H3. The molecule has 0 fully saturated rings. The van der Waals surface area contributed by atoms with Gasteiger partial charge in [-0.05, 0) is 60.7 Å². The largest absolute Gasteiger partial charge is 0.334 e. The van der Waals surface area contributed by atoms with Crippen molar-refractivity contribution in [2.45, 2.75) is 39.7 Å². The lowest BCUT2D eigenvalue weighted by molar-refractivity contribution is 0.0732. The number of fused-ring (bicyclic) bond motifs is 2. The van der Waals surface area contributed by atoms with Gasteiger partial charge < -0.3 is 4.90 Å². The van der Waals surface area contributed by atoms with Crippen molar-refractivity contribution in [1.82, 2.24) is 19.5 Å². The molecule has 0 spiro atoms. The van der Waals surface area contributed by atoms with Gasteiger partial charge in [-0.15, -0.1) is 0 Å². The molecule has 0 aliphatic carbocycles. The minimum atomic E-state index is -0.639. The number of aryl methyl sites for hydroxylation is 1. The van der Waals surface area contributed by atoms with E-state index in [1.807, 2.05) is 31.0 Å². The van der Waals surface area contributed by atoms with Crippen molar-refractivity contribution in [3.63, 3.8) is 0 Å². The topological polar surface area (TPSA) is 50.5 Å². The van der Waals surface area contributed by atoms with Crippen molar-refractivity contribution < 1.29 is 13.6 Å². The maximum Gasteiger partial charge on any atom is 0.256 e. The zero-order valence-corrected chi connectivity index (χ0v) is 18.8. The van der Waals surface area contributed by atoms with Gasteiger partial charge in [0.15, 0.2) is 0 Å². The Kier molecular flexibility index (Phi) is 5.19. The van der Waals surface area contributed by atoms with Crippen LogP contribution in [0.5, 0.6) is 0 Å². The molecule has 1 amide bonds. The second-order valence-corrected chi connectivity index (χ2v) is 8.76. The maximum atomic E-state index is 14.6. The van der Waals surface area contributed by atoms with Crippen LogP contribution in [-0.2, 0) is 13.0 Å². The molecule has 5 nitrogen and oxygen atoms in total. The number of rotatable bonds is 3. The molecule has 1 aliphatic rings. The Bertz CT molecular complexity index is 1370. The van der Waals surface area contributed by atoms with E-state index in [9.17, 15) is 13.6 Å². The zero-order valence-electron chi connectivity index (χ0n) is 18.8. The highest BCUT2D eigenvalue weighted by atomic mass is 19.1. The predicted molar refractivity (Wildman–Crippen MR) is 122 cm³/mol. The number of hydrogen-bond acceptors (Lipinski definition) is 3. The van der Waals surface area contributed by atoms with Gasteiger partial charge in [0.25, 0.3) is 5.91 Å². The summed E-state index contributed by atoms with van der Waals surface area (Å²) in [5.74, 6) is -1.40. The molecule has 0 radical (unpaired) electrons. The molecule has 4 heterocycles. The van der Waals surface area contributed by atoms with Crippen molar-refractivity contribution in [3.8, 4) is 11.1 Å². The summed E-state index contributed by atoms with van der Waals surface area (Å²) in [6.07, 6.45) is 4.37. The summed E-state index contributed by atoms with van der Waals surface area (Å²) in [5.41, 5.74) is 4.93. The van der Waals surface area contributed by atoms with Gasteiger partial charge in [0.1, 0.15) is 11.6 Å². The summed E-state index contributed by atoms with van der Waals surface area (Å²) >= 11 is 0. The SMILES string of the molecule is Cc1nn2c(C(C)C)c(C(=O)N3CCc4ccncc4C3)ccc2c1-c1c(F)cccc1F. The highest BCUT2D eigenvalue weighted by Gasteiger charge is 2.28. The molecule has 168 valence electrons. The molecular formula is C26H24F2N4O. The minimum Gasteiger partial charge on any atom is -0.334 e. The lowest BCUT2D eigenvalue weighted by Gasteiger charge is -2.29. The number of carbonyl (C=O) groups is 1. The van der Waals surface area contributed by atoms with E-state index in [-0.39, 0.29) is 17.4 Å². The number of nitrogens with zero attached hydrogens (tertiary/aromatic N) is 4. The first-order valence-corrected chi connectivity index (χ1v) is 11.0. The molecule has 0 bridgehead atoms. The predicted octanol–water partition coefficient (Wildman–Crippen LogP) is 5.30. The Balaban J connectivity index is 1.63. The lowest BCUT2D eigenvalue weighted by atomic mass is 9.98. The van der Waals surface area contributed by atoms with Gasteiger partial charge in [0, 0.05) is 31.0 Å². The molecule has 0 unspecified atom stereocenters. The van der Waals surface area contributed by atoms with Gasteiger partial charge in [0.05, 0.1) is 28.0 Å². The van der Waals surface area contributed by atoms with Crippen molar-refractivity contribution >= 4 is 11.4 Å². The van der Waals surface area contributed by atoms with Crippen LogP contribution in [0.3, 0.4) is 0 Å². The fraction of sp³-hybridized carbons (Fsp3) is 0.269. The Labute approximate surface area is 190 Å². The van der Waals surface area contributed by atoms with E-state index in [1.54, 1.807) is 29.8 Å². The van der Waals surface area contributed by atoms with Crippen LogP contribution in [-0.4, -0.2) is 31.9 Å². The molecule has 33 heavy (non-hydrogen) atoms. The average molecular weight is 447 g/mol. The molecule has 3 aromatic heterocycles. The van der Waals surface area contributed by atoms with E-state index in [1.165, 1.54) is 23.8 Å². The third-order valence-electron chi connectivity index (χ3n) is 6.30. The number of pyridine rings is 2. The summed E-state index contributed by atoms with van der Waals surface area (Å²) < 4.78 is 30.9. The van der Waals surface area contributed by atoms with Gasteiger partial charge in [0.2, 0.25) is 0 Å². The molecule has 1 aliphatic heterocycles. The molecule has 7 heteroatoms. The average Bonchev–Trinajstić information content (AvgIpc) is 3.13. The second-order valence-electron chi connectivity index (χ2n) is 8.76. The second kappa shape index (κ2) is 8.06. The molecule has 1 aromatic carbocycles. The van der Waals surface area contributed by atoms with Crippen molar-refractivity contribution in [3.05, 3.63) is 88.5 Å². The molecule has 0 saturated carbocycles. The van der Waals surface area contributed by atoms with Crippen LogP contribution in [0.4, 0.5) is 8.78 Å². The summed E-state index contributed by atoms with van der Waals surface area (Å²) in [6, 6.07) is 9.32. The van der Waals surface area contributed by atoms with Gasteiger partial charge in [-0.3, -0.25) is 9.78 Å². The number of aromatic nitrogens is 3. The molecule has 0 saturated heterocycles. The number of hydrogen-bond donors (Lipinski definition) is 0. The van der Waals surface area contributed by atoms with Crippen molar-refractivity contribution in [2.75, 3.05) is 6.54 Å². The third-order valence-corrected chi connectivity index (χ3v) is 6.30. The van der Waals surface area contributed by atoms with Crippen molar-refractivity contribution in [1.29, 1.82) is 0 Å². The quantitative estimate of drug-likeness (QED) is 0.429. The molecule has 4 aromatic rings. The van der Waals surface area contributed by atoms with Crippen LogP contribution in [0.15, 0.2) is 48.8 Å². The van der Waals surface area contributed by atoms with E-state index < -0.39 is 11.6 Å². The normalized spacial score (nSPS) is 13.6. The molecule has 5 rings (SSSR count). The van der Waals surface area contributed by atoms with Gasteiger partial charge >= 0.3 is 0 Å². The third kappa shape index (κ3) is 3.48. The van der Waals surface area contributed by atoms with E-state index in [2.05, 4.69) is 10.1 Å². The highest BCUT2D eigenvalue weighted by molar-refractivity contribution is 5.97. The van der Waals surface area contributed by atoms with Crippen LogP contribution in [0.2, 0.25) is 0 Å². The van der Waals surface area contributed by atoms with Crippen LogP contribution in [0, 0.1) is 18.6 Å². The summed E-state index contributed by atoms with van der Waals surface area (Å²) in [4.78, 5) is 19.6. The van der Waals surface area contributed by atoms with E-state index in [0.717, 1.165) is 17.7 Å². The number of halogens is 2. The Morgan fingerprint density at radius 1 is 1.03 bits per heavy atom. The smallest absolute Gasteiger partial charge is 0.256 e. The molecule has 0 N–H and O–H groups in total. The van der Waals surface area contributed by atoms with Gasteiger partial charge in [-0.25, -0.2) is 13.3 Å². The Morgan fingerprint density at radius 2 is 1.79 bits per heavy atom. The summed E-state index contributed by atoms with van der Waals surface area (Å²) in [7, 11) is 0. The highest BCUT2D eigenvalue weighted by Crippen LogP contribution is 2.35. The van der Waals surface area contributed by atoms with E-state index in [0.29, 0.717) is 35.4 Å². The first-order valence-electron chi connectivity index (χ1n) is 11.0. The van der Waals surface area contributed by atoms with E-state index >= 15 is 0 Å². The summed E-state index contributed by atoms with van der Waals surface area (Å²) in [6.45, 7) is 6.83. The lowest BCUT2D eigenvalue weighted by Crippen LogP contribution is -2.37. The molecule has 0 atom stereocenters. The fourth-order valence-corrected chi connectivity index (χ4v) is 4.75. The van der Waals surface area contributed by atoms with Gasteiger partial charge in [-0.1, -0.05) is 19.9 Å². The minimum absolute atomic E-state index is 0.0380. The fourth-order valence-electron chi connectivity index (χ4n) is 4.75.